The summed E-state index contributed by atoms with van der Waals surface area (Å²) in [6, 6.07) is -0.0166. The van der Waals surface area contributed by atoms with Crippen LogP contribution in [0.15, 0.2) is 6.20 Å². The Morgan fingerprint density at radius 2 is 2.47 bits per heavy atom. The van der Waals surface area contributed by atoms with Gasteiger partial charge in [-0.2, -0.15) is 0 Å². The van der Waals surface area contributed by atoms with Crippen LogP contribution in [-0.2, 0) is 11.3 Å². The third kappa shape index (κ3) is 3.31. The molecule has 1 aromatic rings. The van der Waals surface area contributed by atoms with Crippen molar-refractivity contribution in [1.82, 2.24) is 15.2 Å². The molecule has 96 valence electrons. The Balaban J connectivity index is 0.00000144. The molecular weight excluding hydrogens is 260 g/mol. The van der Waals surface area contributed by atoms with E-state index >= 15 is 0 Å². The van der Waals surface area contributed by atoms with Crippen LogP contribution in [0, 0.1) is 0 Å². The van der Waals surface area contributed by atoms with Gasteiger partial charge in [0.15, 0.2) is 5.13 Å². The number of nitrogens with zero attached hydrogens (tertiary/aromatic N) is 2. The van der Waals surface area contributed by atoms with Gasteiger partial charge in [0, 0.05) is 30.7 Å². The van der Waals surface area contributed by atoms with E-state index in [1.54, 1.807) is 6.20 Å². The summed E-state index contributed by atoms with van der Waals surface area (Å²) in [7, 11) is 0. The first-order valence-corrected chi connectivity index (χ1v) is 6.24. The van der Waals surface area contributed by atoms with Gasteiger partial charge in [-0.15, -0.1) is 23.7 Å². The molecule has 0 aromatic carbocycles. The van der Waals surface area contributed by atoms with Crippen molar-refractivity contribution in [2.45, 2.75) is 25.9 Å². The fourth-order valence-corrected chi connectivity index (χ4v) is 2.70. The lowest BCUT2D eigenvalue weighted by molar-refractivity contribution is -0.129. The molecule has 0 saturated carbocycles. The van der Waals surface area contributed by atoms with Gasteiger partial charge < -0.3 is 11.1 Å². The molecule has 17 heavy (non-hydrogen) atoms. The standard InChI is InChI=1S/C10H16N4OS.ClH/c1-2-8-9(15)12-3-4-14(8)6-7-5-13-10(11)16-7;/h5,8H,2-4,6H2,1H3,(H2,11,13)(H,12,15);1H. The molecule has 1 saturated heterocycles. The van der Waals surface area contributed by atoms with E-state index in [0.717, 1.165) is 30.9 Å². The highest BCUT2D eigenvalue weighted by Crippen LogP contribution is 2.19. The van der Waals surface area contributed by atoms with Gasteiger partial charge in [0.25, 0.3) is 0 Å². The van der Waals surface area contributed by atoms with E-state index in [9.17, 15) is 4.79 Å². The largest absolute Gasteiger partial charge is 0.375 e. The van der Waals surface area contributed by atoms with Crippen LogP contribution in [-0.4, -0.2) is 34.9 Å². The zero-order valence-electron chi connectivity index (χ0n) is 9.68. The van der Waals surface area contributed by atoms with Crippen molar-refractivity contribution >= 4 is 34.8 Å². The number of carbonyl (C=O) groups excluding carboxylic acids is 1. The van der Waals surface area contributed by atoms with Gasteiger partial charge in [0.2, 0.25) is 5.91 Å². The van der Waals surface area contributed by atoms with Crippen molar-refractivity contribution in [2.75, 3.05) is 18.8 Å². The molecule has 2 heterocycles. The van der Waals surface area contributed by atoms with Gasteiger partial charge in [0.1, 0.15) is 0 Å². The van der Waals surface area contributed by atoms with Crippen LogP contribution in [0.3, 0.4) is 0 Å². The Morgan fingerprint density at radius 1 is 1.71 bits per heavy atom. The average molecular weight is 277 g/mol. The highest BCUT2D eigenvalue weighted by Gasteiger charge is 2.28. The molecule has 0 radical (unpaired) electrons. The van der Waals surface area contributed by atoms with Gasteiger partial charge in [-0.1, -0.05) is 6.92 Å². The zero-order chi connectivity index (χ0) is 11.5. The zero-order valence-corrected chi connectivity index (χ0v) is 11.3. The lowest BCUT2D eigenvalue weighted by Crippen LogP contribution is -2.54. The Hall–Kier alpha value is -0.850. The first kappa shape index (κ1) is 14.2. The third-order valence-corrected chi connectivity index (χ3v) is 3.57. The Labute approximate surface area is 111 Å². The summed E-state index contributed by atoms with van der Waals surface area (Å²) >= 11 is 1.49. The van der Waals surface area contributed by atoms with Crippen LogP contribution < -0.4 is 11.1 Å². The summed E-state index contributed by atoms with van der Waals surface area (Å²) < 4.78 is 0. The molecule has 1 aliphatic heterocycles. The summed E-state index contributed by atoms with van der Waals surface area (Å²) in [5.74, 6) is 0.131. The minimum atomic E-state index is -0.0166. The van der Waals surface area contributed by atoms with Crippen molar-refractivity contribution in [3.8, 4) is 0 Å². The number of nitrogen functional groups attached to an aromatic ring is 1. The molecule has 7 heteroatoms. The highest BCUT2D eigenvalue weighted by molar-refractivity contribution is 7.15. The maximum atomic E-state index is 11.6. The van der Waals surface area contributed by atoms with E-state index < -0.39 is 0 Å². The quantitative estimate of drug-likeness (QED) is 0.859. The van der Waals surface area contributed by atoms with Crippen molar-refractivity contribution in [2.24, 2.45) is 0 Å². The van der Waals surface area contributed by atoms with Crippen LogP contribution in [0.25, 0.3) is 0 Å². The number of carbonyl (C=O) groups is 1. The van der Waals surface area contributed by atoms with Gasteiger partial charge >= 0.3 is 0 Å². The van der Waals surface area contributed by atoms with Crippen LogP contribution >= 0.6 is 23.7 Å². The molecular formula is C10H17ClN4OS. The Kier molecular flexibility index (Phi) is 5.17. The Morgan fingerprint density at radius 3 is 3.06 bits per heavy atom. The first-order valence-electron chi connectivity index (χ1n) is 5.42. The molecule has 1 aliphatic rings. The lowest BCUT2D eigenvalue weighted by atomic mass is 10.1. The summed E-state index contributed by atoms with van der Waals surface area (Å²) in [5.41, 5.74) is 5.59. The van der Waals surface area contributed by atoms with E-state index in [4.69, 9.17) is 5.73 Å². The second kappa shape index (κ2) is 6.18. The fourth-order valence-electron chi connectivity index (χ4n) is 1.99. The SMILES string of the molecule is CCC1C(=O)NCCN1Cc1cnc(N)s1.Cl. The summed E-state index contributed by atoms with van der Waals surface area (Å²) in [6.45, 7) is 4.41. The van der Waals surface area contributed by atoms with Crippen LogP contribution in [0.2, 0.25) is 0 Å². The monoisotopic (exact) mass is 276 g/mol. The number of hydrogen-bond donors (Lipinski definition) is 2. The predicted molar refractivity (Wildman–Crippen MR) is 71.3 cm³/mol. The highest BCUT2D eigenvalue weighted by atomic mass is 35.5. The number of halogens is 1. The van der Waals surface area contributed by atoms with E-state index in [0.29, 0.717) is 5.13 Å². The molecule has 0 bridgehead atoms. The maximum absolute atomic E-state index is 11.6. The second-order valence-corrected chi connectivity index (χ2v) is 5.00. The third-order valence-electron chi connectivity index (χ3n) is 2.76. The number of rotatable bonds is 3. The number of hydrogen-bond acceptors (Lipinski definition) is 5. The van der Waals surface area contributed by atoms with Gasteiger partial charge in [-0.3, -0.25) is 9.69 Å². The van der Waals surface area contributed by atoms with E-state index in [-0.39, 0.29) is 24.4 Å². The van der Waals surface area contributed by atoms with E-state index in [1.807, 2.05) is 6.92 Å². The number of anilines is 1. The fraction of sp³-hybridized carbons (Fsp3) is 0.600. The summed E-state index contributed by atoms with van der Waals surface area (Å²) in [4.78, 5) is 19.0. The molecule has 1 fully saturated rings. The average Bonchev–Trinajstić information content (AvgIpc) is 2.64. The topological polar surface area (TPSA) is 71.2 Å². The lowest BCUT2D eigenvalue weighted by Gasteiger charge is -2.33. The molecule has 3 N–H and O–H groups in total. The number of aromatic nitrogens is 1. The maximum Gasteiger partial charge on any atom is 0.237 e. The van der Waals surface area contributed by atoms with Crippen molar-refractivity contribution < 1.29 is 4.79 Å². The first-order chi connectivity index (χ1) is 7.70. The van der Waals surface area contributed by atoms with Crippen LogP contribution in [0.4, 0.5) is 5.13 Å². The number of piperazine rings is 1. The second-order valence-electron chi connectivity index (χ2n) is 3.85. The number of thiazole rings is 1. The van der Waals surface area contributed by atoms with Crippen molar-refractivity contribution in [1.29, 1.82) is 0 Å². The van der Waals surface area contributed by atoms with E-state index in [1.165, 1.54) is 11.3 Å². The smallest absolute Gasteiger partial charge is 0.237 e. The van der Waals surface area contributed by atoms with Crippen LogP contribution in [0.5, 0.6) is 0 Å². The molecule has 0 aliphatic carbocycles. The van der Waals surface area contributed by atoms with E-state index in [2.05, 4.69) is 15.2 Å². The minimum Gasteiger partial charge on any atom is -0.375 e. The van der Waals surface area contributed by atoms with Crippen molar-refractivity contribution in [3.63, 3.8) is 0 Å². The minimum absolute atomic E-state index is 0. The Bertz CT molecular complexity index is 384. The molecule has 1 aromatic heterocycles. The predicted octanol–water partition coefficient (Wildman–Crippen LogP) is 0.857. The molecule has 1 atom stereocenters. The number of nitrogens with two attached hydrogens (primary N) is 1. The molecule has 5 nitrogen and oxygen atoms in total. The molecule has 1 amide bonds. The van der Waals surface area contributed by atoms with Gasteiger partial charge in [-0.05, 0) is 6.42 Å². The summed E-state index contributed by atoms with van der Waals surface area (Å²) in [6.07, 6.45) is 2.62. The van der Waals surface area contributed by atoms with Crippen molar-refractivity contribution in [3.05, 3.63) is 11.1 Å². The molecule has 2 rings (SSSR count). The summed E-state index contributed by atoms with van der Waals surface area (Å²) in [5, 5.41) is 3.47. The van der Waals surface area contributed by atoms with Crippen LogP contribution in [0.1, 0.15) is 18.2 Å². The van der Waals surface area contributed by atoms with Gasteiger partial charge in [-0.25, -0.2) is 4.98 Å². The molecule has 1 unspecified atom stereocenters. The number of nitrogens with one attached hydrogen (secondary N) is 1. The van der Waals surface area contributed by atoms with Gasteiger partial charge in [0.05, 0.1) is 6.04 Å². The number of amides is 1. The molecule has 0 spiro atoms. The normalized spacial score (nSPS) is 20.8.